The number of amides is 1. The van der Waals surface area contributed by atoms with E-state index < -0.39 is 0 Å². The lowest BCUT2D eigenvalue weighted by molar-refractivity contribution is -0.123. The molecule has 0 radical (unpaired) electrons. The van der Waals surface area contributed by atoms with Crippen molar-refractivity contribution in [2.24, 2.45) is 5.92 Å². The van der Waals surface area contributed by atoms with Gasteiger partial charge in [-0.25, -0.2) is 0 Å². The molecule has 0 aromatic heterocycles. The zero-order valence-electron chi connectivity index (χ0n) is 10.2. The van der Waals surface area contributed by atoms with Crippen molar-refractivity contribution >= 4 is 5.91 Å². The van der Waals surface area contributed by atoms with Crippen molar-refractivity contribution in [3.8, 4) is 11.8 Å². The van der Waals surface area contributed by atoms with E-state index in [1.165, 1.54) is 19.3 Å². The molecule has 4 heteroatoms. The van der Waals surface area contributed by atoms with Gasteiger partial charge in [-0.15, -0.1) is 0 Å². The molecule has 1 fully saturated rings. The Bertz CT molecular complexity index is 461. The number of rotatable bonds is 5. The molecule has 0 atom stereocenters. The van der Waals surface area contributed by atoms with Crippen LogP contribution in [0.5, 0.6) is 5.75 Å². The topological polar surface area (TPSA) is 62.1 Å². The van der Waals surface area contributed by atoms with Crippen LogP contribution in [-0.4, -0.2) is 19.1 Å². The van der Waals surface area contributed by atoms with Gasteiger partial charge in [0, 0.05) is 6.54 Å². The minimum Gasteiger partial charge on any atom is -0.482 e. The first-order valence-electron chi connectivity index (χ1n) is 6.18. The lowest BCUT2D eigenvalue weighted by atomic mass is 9.85. The first-order valence-corrected chi connectivity index (χ1v) is 6.18. The van der Waals surface area contributed by atoms with Crippen LogP contribution in [0.3, 0.4) is 0 Å². The molecule has 0 spiro atoms. The highest BCUT2D eigenvalue weighted by Crippen LogP contribution is 2.25. The van der Waals surface area contributed by atoms with Crippen molar-refractivity contribution < 1.29 is 9.53 Å². The molecule has 1 aliphatic carbocycles. The van der Waals surface area contributed by atoms with Gasteiger partial charge in [0.25, 0.3) is 5.91 Å². The summed E-state index contributed by atoms with van der Waals surface area (Å²) in [5.74, 6) is 0.966. The fraction of sp³-hybridized carbons (Fsp3) is 0.429. The SMILES string of the molecule is N#Cc1ccccc1OCC(=O)NCC1CCC1. The normalized spacial score (nSPS) is 14.4. The van der Waals surface area contributed by atoms with Crippen molar-refractivity contribution in [1.29, 1.82) is 5.26 Å². The smallest absolute Gasteiger partial charge is 0.257 e. The summed E-state index contributed by atoms with van der Waals surface area (Å²) < 4.78 is 5.34. The van der Waals surface area contributed by atoms with Crippen molar-refractivity contribution in [3.05, 3.63) is 29.8 Å². The molecule has 2 rings (SSSR count). The second-order valence-corrected chi connectivity index (χ2v) is 4.50. The van der Waals surface area contributed by atoms with E-state index in [-0.39, 0.29) is 12.5 Å². The quantitative estimate of drug-likeness (QED) is 0.859. The lowest BCUT2D eigenvalue weighted by Crippen LogP contribution is -2.35. The number of para-hydroxylation sites is 1. The van der Waals surface area contributed by atoms with Gasteiger partial charge in [-0.3, -0.25) is 4.79 Å². The minimum absolute atomic E-state index is 0.0363. The summed E-state index contributed by atoms with van der Waals surface area (Å²) >= 11 is 0. The highest BCUT2D eigenvalue weighted by molar-refractivity contribution is 5.77. The van der Waals surface area contributed by atoms with E-state index in [0.29, 0.717) is 17.2 Å². The molecule has 0 saturated heterocycles. The van der Waals surface area contributed by atoms with Gasteiger partial charge >= 0.3 is 0 Å². The molecule has 0 aliphatic heterocycles. The van der Waals surface area contributed by atoms with E-state index in [1.54, 1.807) is 24.3 Å². The van der Waals surface area contributed by atoms with E-state index in [2.05, 4.69) is 5.32 Å². The van der Waals surface area contributed by atoms with Crippen LogP contribution in [0.2, 0.25) is 0 Å². The van der Waals surface area contributed by atoms with Gasteiger partial charge in [0.2, 0.25) is 0 Å². The summed E-state index contributed by atoms with van der Waals surface area (Å²) in [5.41, 5.74) is 0.448. The summed E-state index contributed by atoms with van der Waals surface area (Å²) in [7, 11) is 0. The van der Waals surface area contributed by atoms with Gasteiger partial charge in [-0.1, -0.05) is 18.6 Å². The van der Waals surface area contributed by atoms with Crippen LogP contribution >= 0.6 is 0 Å². The Morgan fingerprint density at radius 3 is 2.89 bits per heavy atom. The van der Waals surface area contributed by atoms with Crippen LogP contribution in [0, 0.1) is 17.2 Å². The van der Waals surface area contributed by atoms with E-state index in [9.17, 15) is 4.79 Å². The number of carbonyl (C=O) groups is 1. The third-order valence-electron chi connectivity index (χ3n) is 3.18. The Hall–Kier alpha value is -2.02. The predicted molar refractivity (Wildman–Crippen MR) is 67.0 cm³/mol. The number of nitrogens with one attached hydrogen (secondary N) is 1. The zero-order valence-corrected chi connectivity index (χ0v) is 10.2. The van der Waals surface area contributed by atoms with Crippen LogP contribution in [0.1, 0.15) is 24.8 Å². The maximum Gasteiger partial charge on any atom is 0.257 e. The third-order valence-corrected chi connectivity index (χ3v) is 3.18. The third kappa shape index (κ3) is 3.24. The molecule has 18 heavy (non-hydrogen) atoms. The van der Waals surface area contributed by atoms with Gasteiger partial charge in [-0.2, -0.15) is 5.26 Å². The Morgan fingerprint density at radius 2 is 2.22 bits per heavy atom. The largest absolute Gasteiger partial charge is 0.482 e. The zero-order chi connectivity index (χ0) is 12.8. The standard InChI is InChI=1S/C14H16N2O2/c15-8-12-6-1-2-7-13(12)18-10-14(17)16-9-11-4-3-5-11/h1-2,6-7,11H,3-5,9-10H2,(H,16,17). The molecule has 1 amide bonds. The van der Waals surface area contributed by atoms with Gasteiger partial charge < -0.3 is 10.1 Å². The van der Waals surface area contributed by atoms with Crippen molar-refractivity contribution in [2.75, 3.05) is 13.2 Å². The van der Waals surface area contributed by atoms with Gasteiger partial charge in [0.05, 0.1) is 5.56 Å². The molecule has 1 N–H and O–H groups in total. The van der Waals surface area contributed by atoms with Crippen LogP contribution in [-0.2, 0) is 4.79 Å². The average molecular weight is 244 g/mol. The molecule has 94 valence electrons. The number of hydrogen-bond acceptors (Lipinski definition) is 3. The molecule has 0 heterocycles. The number of nitrogens with zero attached hydrogens (tertiary/aromatic N) is 1. The monoisotopic (exact) mass is 244 g/mol. The van der Waals surface area contributed by atoms with Gasteiger partial charge in [0.15, 0.2) is 6.61 Å². The summed E-state index contributed by atoms with van der Waals surface area (Å²) in [5, 5.41) is 11.7. The number of hydrogen-bond donors (Lipinski definition) is 1. The first-order chi connectivity index (χ1) is 8.79. The first kappa shape index (κ1) is 12.4. The number of nitriles is 1. The molecule has 1 aliphatic rings. The molecule has 1 aromatic carbocycles. The molecule has 0 bridgehead atoms. The summed E-state index contributed by atoms with van der Waals surface area (Å²) in [4.78, 5) is 11.5. The van der Waals surface area contributed by atoms with E-state index in [4.69, 9.17) is 10.00 Å². The molecule has 4 nitrogen and oxygen atoms in total. The highest BCUT2D eigenvalue weighted by Gasteiger charge is 2.17. The van der Waals surface area contributed by atoms with Crippen LogP contribution in [0.15, 0.2) is 24.3 Å². The summed E-state index contributed by atoms with van der Waals surface area (Å²) in [6.07, 6.45) is 3.68. The summed E-state index contributed by atoms with van der Waals surface area (Å²) in [6, 6.07) is 8.94. The Morgan fingerprint density at radius 1 is 1.44 bits per heavy atom. The molecule has 1 aromatic rings. The number of benzene rings is 1. The molecular weight excluding hydrogens is 228 g/mol. The van der Waals surface area contributed by atoms with Crippen LogP contribution in [0.25, 0.3) is 0 Å². The Labute approximate surface area is 107 Å². The fourth-order valence-electron chi connectivity index (χ4n) is 1.83. The highest BCUT2D eigenvalue weighted by atomic mass is 16.5. The maximum absolute atomic E-state index is 11.5. The summed E-state index contributed by atoms with van der Waals surface area (Å²) in [6.45, 7) is 0.702. The number of ether oxygens (including phenoxy) is 1. The van der Waals surface area contributed by atoms with E-state index >= 15 is 0 Å². The van der Waals surface area contributed by atoms with Crippen molar-refractivity contribution in [1.82, 2.24) is 5.32 Å². The molecule has 0 unspecified atom stereocenters. The lowest BCUT2D eigenvalue weighted by Gasteiger charge is -2.25. The molecule has 1 saturated carbocycles. The molecular formula is C14H16N2O2. The predicted octanol–water partition coefficient (Wildman–Crippen LogP) is 1.85. The van der Waals surface area contributed by atoms with Gasteiger partial charge in [0.1, 0.15) is 11.8 Å². The van der Waals surface area contributed by atoms with Gasteiger partial charge in [-0.05, 0) is 30.9 Å². The fourth-order valence-corrected chi connectivity index (χ4v) is 1.83. The second-order valence-electron chi connectivity index (χ2n) is 4.50. The van der Waals surface area contributed by atoms with E-state index in [1.807, 2.05) is 6.07 Å². The average Bonchev–Trinajstić information content (AvgIpc) is 2.35. The van der Waals surface area contributed by atoms with E-state index in [0.717, 1.165) is 6.54 Å². The Kier molecular flexibility index (Phi) is 4.19. The maximum atomic E-state index is 11.5. The number of carbonyl (C=O) groups excluding carboxylic acids is 1. The van der Waals surface area contributed by atoms with Crippen molar-refractivity contribution in [2.45, 2.75) is 19.3 Å². The second kappa shape index (κ2) is 6.06. The van der Waals surface area contributed by atoms with Crippen LogP contribution < -0.4 is 10.1 Å². The van der Waals surface area contributed by atoms with Crippen molar-refractivity contribution in [3.63, 3.8) is 0 Å². The minimum atomic E-state index is -0.130. The Balaban J connectivity index is 1.76. The van der Waals surface area contributed by atoms with Crippen LogP contribution in [0.4, 0.5) is 0 Å².